The Morgan fingerprint density at radius 1 is 1.50 bits per heavy atom. The second-order valence-corrected chi connectivity index (χ2v) is 5.33. The predicted molar refractivity (Wildman–Crippen MR) is 59.1 cm³/mol. The normalized spacial score (nSPS) is 26.5. The number of rotatable bonds is 2. The van der Waals surface area contributed by atoms with E-state index in [0.717, 1.165) is 0 Å². The minimum absolute atomic E-state index is 0.192. The molecule has 86 valence electrons. The molecular weight excluding hydrogens is 231 g/mol. The van der Waals surface area contributed by atoms with E-state index in [-0.39, 0.29) is 5.56 Å². The van der Waals surface area contributed by atoms with Gasteiger partial charge in [0.25, 0.3) is 0 Å². The standard InChI is InChI=1S/C12H12ClFO2/c1-11(2)6-12(11,10(15)16)8-5-7(13)3-4-9(8)14/h3-5H,6H2,1-2H3,(H,15,16). The van der Waals surface area contributed by atoms with Gasteiger partial charge in [-0.05, 0) is 30.0 Å². The largest absolute Gasteiger partial charge is 0.481 e. The smallest absolute Gasteiger partial charge is 0.314 e. The van der Waals surface area contributed by atoms with E-state index in [4.69, 9.17) is 11.6 Å². The Bertz CT molecular complexity index is 470. The van der Waals surface area contributed by atoms with Crippen molar-refractivity contribution >= 4 is 17.6 Å². The summed E-state index contributed by atoms with van der Waals surface area (Å²) in [6.07, 6.45) is 0.437. The lowest BCUT2D eigenvalue weighted by Gasteiger charge is -2.17. The van der Waals surface area contributed by atoms with Crippen molar-refractivity contribution in [3.63, 3.8) is 0 Å². The van der Waals surface area contributed by atoms with Crippen molar-refractivity contribution in [3.8, 4) is 0 Å². The van der Waals surface area contributed by atoms with Gasteiger partial charge >= 0.3 is 5.97 Å². The summed E-state index contributed by atoms with van der Waals surface area (Å²) >= 11 is 5.79. The summed E-state index contributed by atoms with van der Waals surface area (Å²) in [5.74, 6) is -1.49. The zero-order valence-electron chi connectivity index (χ0n) is 9.05. The Morgan fingerprint density at radius 2 is 2.06 bits per heavy atom. The minimum Gasteiger partial charge on any atom is -0.481 e. The molecule has 0 radical (unpaired) electrons. The van der Waals surface area contributed by atoms with Gasteiger partial charge in [-0.25, -0.2) is 4.39 Å². The Morgan fingerprint density at radius 3 is 2.50 bits per heavy atom. The second kappa shape index (κ2) is 3.20. The van der Waals surface area contributed by atoms with Crippen LogP contribution in [0.1, 0.15) is 25.8 Å². The minimum atomic E-state index is -1.12. The molecule has 16 heavy (non-hydrogen) atoms. The molecule has 0 aliphatic heterocycles. The molecule has 1 aromatic carbocycles. The monoisotopic (exact) mass is 242 g/mol. The first kappa shape index (κ1) is 11.4. The fourth-order valence-corrected chi connectivity index (χ4v) is 2.56. The van der Waals surface area contributed by atoms with Crippen molar-refractivity contribution in [2.24, 2.45) is 5.41 Å². The molecule has 0 aromatic heterocycles. The predicted octanol–water partition coefficient (Wildman–Crippen LogP) is 3.23. The van der Waals surface area contributed by atoms with E-state index >= 15 is 0 Å². The van der Waals surface area contributed by atoms with Crippen LogP contribution in [0.5, 0.6) is 0 Å². The summed E-state index contributed by atoms with van der Waals surface area (Å²) in [4.78, 5) is 11.4. The van der Waals surface area contributed by atoms with Crippen LogP contribution >= 0.6 is 11.6 Å². The van der Waals surface area contributed by atoms with Gasteiger partial charge in [0.15, 0.2) is 0 Å². The summed E-state index contributed by atoms with van der Waals surface area (Å²) in [5.41, 5.74) is -1.36. The van der Waals surface area contributed by atoms with Crippen LogP contribution in [0, 0.1) is 11.2 Å². The van der Waals surface area contributed by atoms with E-state index in [1.807, 2.05) is 13.8 Å². The van der Waals surface area contributed by atoms with Gasteiger partial charge < -0.3 is 5.11 Å². The average Bonchev–Trinajstić information content (AvgIpc) is 2.75. The first-order chi connectivity index (χ1) is 7.31. The summed E-state index contributed by atoms with van der Waals surface area (Å²) in [7, 11) is 0. The Hall–Kier alpha value is -1.09. The number of hydrogen-bond donors (Lipinski definition) is 1. The highest BCUT2D eigenvalue weighted by molar-refractivity contribution is 6.30. The molecule has 2 nitrogen and oxygen atoms in total. The SMILES string of the molecule is CC1(C)CC1(C(=O)O)c1cc(Cl)ccc1F. The second-order valence-electron chi connectivity index (χ2n) is 4.90. The van der Waals surface area contributed by atoms with Gasteiger partial charge in [-0.2, -0.15) is 0 Å². The highest BCUT2D eigenvalue weighted by atomic mass is 35.5. The van der Waals surface area contributed by atoms with Gasteiger partial charge in [-0.15, -0.1) is 0 Å². The van der Waals surface area contributed by atoms with E-state index < -0.39 is 22.6 Å². The van der Waals surface area contributed by atoms with E-state index in [0.29, 0.717) is 11.4 Å². The summed E-state index contributed by atoms with van der Waals surface area (Å²) < 4.78 is 13.7. The number of aliphatic carboxylic acids is 1. The summed E-state index contributed by atoms with van der Waals surface area (Å²) in [6, 6.07) is 4.06. The first-order valence-electron chi connectivity index (χ1n) is 5.00. The van der Waals surface area contributed by atoms with Crippen molar-refractivity contribution in [1.29, 1.82) is 0 Å². The molecule has 1 aliphatic carbocycles. The highest BCUT2D eigenvalue weighted by Crippen LogP contribution is 2.65. The molecule has 4 heteroatoms. The average molecular weight is 243 g/mol. The maximum absolute atomic E-state index is 13.7. The quantitative estimate of drug-likeness (QED) is 0.865. The third-order valence-electron chi connectivity index (χ3n) is 3.49. The van der Waals surface area contributed by atoms with Gasteiger partial charge in [-0.1, -0.05) is 25.4 Å². The molecule has 2 rings (SSSR count). The van der Waals surface area contributed by atoms with Crippen LogP contribution in [-0.4, -0.2) is 11.1 Å². The van der Waals surface area contributed by atoms with Crippen LogP contribution in [0.25, 0.3) is 0 Å². The molecular formula is C12H12ClFO2. The number of carbonyl (C=O) groups is 1. The number of hydrogen-bond acceptors (Lipinski definition) is 1. The maximum atomic E-state index is 13.7. The Labute approximate surface area is 98.0 Å². The molecule has 0 saturated heterocycles. The van der Waals surface area contributed by atoms with E-state index in [1.54, 1.807) is 0 Å². The third-order valence-corrected chi connectivity index (χ3v) is 3.73. The Kier molecular flexibility index (Phi) is 2.28. The lowest BCUT2D eigenvalue weighted by molar-refractivity contribution is -0.141. The van der Waals surface area contributed by atoms with E-state index in [2.05, 4.69) is 0 Å². The van der Waals surface area contributed by atoms with Crippen LogP contribution in [0.4, 0.5) is 4.39 Å². The summed E-state index contributed by atoms with van der Waals surface area (Å²) in [5, 5.41) is 9.66. The molecule has 1 aliphatic rings. The van der Waals surface area contributed by atoms with Crippen LogP contribution in [0.3, 0.4) is 0 Å². The van der Waals surface area contributed by atoms with Crippen molar-refractivity contribution in [2.45, 2.75) is 25.7 Å². The molecule has 1 unspecified atom stereocenters. The fraction of sp³-hybridized carbons (Fsp3) is 0.417. The molecule has 0 bridgehead atoms. The Balaban J connectivity index is 2.59. The number of carboxylic acid groups (broad SMARTS) is 1. The van der Waals surface area contributed by atoms with Crippen molar-refractivity contribution in [2.75, 3.05) is 0 Å². The third kappa shape index (κ3) is 1.34. The molecule has 1 aromatic rings. The number of halogens is 2. The van der Waals surface area contributed by atoms with Crippen LogP contribution in [-0.2, 0) is 10.2 Å². The lowest BCUT2D eigenvalue weighted by Crippen LogP contribution is -2.26. The van der Waals surface area contributed by atoms with Crippen molar-refractivity contribution in [3.05, 3.63) is 34.6 Å². The lowest BCUT2D eigenvalue weighted by atomic mass is 9.87. The van der Waals surface area contributed by atoms with Gasteiger partial charge in [0, 0.05) is 10.6 Å². The molecule has 0 spiro atoms. The first-order valence-corrected chi connectivity index (χ1v) is 5.38. The van der Waals surface area contributed by atoms with Crippen LogP contribution in [0.15, 0.2) is 18.2 Å². The fourth-order valence-electron chi connectivity index (χ4n) is 2.38. The van der Waals surface area contributed by atoms with Crippen LogP contribution < -0.4 is 0 Å². The molecule has 1 N–H and O–H groups in total. The molecule has 1 saturated carbocycles. The zero-order chi connectivity index (χ0) is 12.1. The van der Waals surface area contributed by atoms with Gasteiger partial charge in [0.2, 0.25) is 0 Å². The van der Waals surface area contributed by atoms with E-state index in [1.165, 1.54) is 18.2 Å². The molecule has 1 fully saturated rings. The van der Waals surface area contributed by atoms with Gasteiger partial charge in [0.1, 0.15) is 11.2 Å². The molecule has 1 atom stereocenters. The van der Waals surface area contributed by atoms with Crippen molar-refractivity contribution in [1.82, 2.24) is 0 Å². The maximum Gasteiger partial charge on any atom is 0.314 e. The van der Waals surface area contributed by atoms with Gasteiger partial charge in [-0.3, -0.25) is 4.79 Å². The molecule has 0 heterocycles. The topological polar surface area (TPSA) is 37.3 Å². The zero-order valence-corrected chi connectivity index (χ0v) is 9.81. The van der Waals surface area contributed by atoms with Gasteiger partial charge in [0.05, 0.1) is 0 Å². The molecule has 0 amide bonds. The summed E-state index contributed by atoms with van der Waals surface area (Å²) in [6.45, 7) is 3.64. The number of benzene rings is 1. The highest BCUT2D eigenvalue weighted by Gasteiger charge is 2.68. The number of carboxylic acids is 1. The van der Waals surface area contributed by atoms with E-state index in [9.17, 15) is 14.3 Å². The van der Waals surface area contributed by atoms with Crippen LogP contribution in [0.2, 0.25) is 5.02 Å². The van der Waals surface area contributed by atoms with Crippen molar-refractivity contribution < 1.29 is 14.3 Å².